The van der Waals surface area contributed by atoms with Gasteiger partial charge in [-0.25, -0.2) is 0 Å². The number of hydrogen-bond acceptors (Lipinski definition) is 2. The van der Waals surface area contributed by atoms with E-state index in [4.69, 9.17) is 0 Å². The molecule has 134 valence electrons. The molecule has 0 spiro atoms. The van der Waals surface area contributed by atoms with Crippen molar-refractivity contribution >= 4 is 0 Å². The van der Waals surface area contributed by atoms with Gasteiger partial charge in [0.2, 0.25) is 0 Å². The highest BCUT2D eigenvalue weighted by molar-refractivity contribution is 4.75. The molecule has 0 aliphatic carbocycles. The van der Waals surface area contributed by atoms with E-state index in [1.54, 1.807) is 0 Å². The van der Waals surface area contributed by atoms with E-state index >= 15 is 0 Å². The van der Waals surface area contributed by atoms with Crippen LogP contribution in [-0.4, -0.2) is 22.4 Å². The molecule has 0 aliphatic rings. The Hall–Kier alpha value is -0.0800. The van der Waals surface area contributed by atoms with E-state index in [-0.39, 0.29) is 5.54 Å². The Kier molecular flexibility index (Phi) is 14.5. The van der Waals surface area contributed by atoms with E-state index in [0.29, 0.717) is 6.54 Å². The summed E-state index contributed by atoms with van der Waals surface area (Å²) in [5.41, 5.74) is -0.0630. The van der Waals surface area contributed by atoms with Crippen molar-refractivity contribution < 1.29 is 5.21 Å². The zero-order valence-corrected chi connectivity index (χ0v) is 16.0. The van der Waals surface area contributed by atoms with Crippen molar-refractivity contribution in [2.75, 3.05) is 6.54 Å². The van der Waals surface area contributed by atoms with Crippen molar-refractivity contribution in [3.63, 3.8) is 0 Å². The lowest BCUT2D eigenvalue weighted by molar-refractivity contribution is -0.161. The average molecular weight is 314 g/mol. The SMILES string of the molecule is CCCCCCCCCCCCCCCC(C)(C)N(O)CC. The zero-order chi connectivity index (χ0) is 16.7. The van der Waals surface area contributed by atoms with Gasteiger partial charge >= 0.3 is 0 Å². The van der Waals surface area contributed by atoms with Crippen LogP contribution in [0.25, 0.3) is 0 Å². The third-order valence-electron chi connectivity index (χ3n) is 4.89. The summed E-state index contributed by atoms with van der Waals surface area (Å²) in [6.07, 6.45) is 19.2. The monoisotopic (exact) mass is 313 g/mol. The van der Waals surface area contributed by atoms with Crippen LogP contribution in [0.1, 0.15) is 118 Å². The number of unbranched alkanes of at least 4 members (excludes halogenated alkanes) is 12. The maximum atomic E-state index is 9.81. The number of hydroxylamine groups is 2. The van der Waals surface area contributed by atoms with Gasteiger partial charge < -0.3 is 5.21 Å². The predicted octanol–water partition coefficient (Wildman–Crippen LogP) is 6.96. The maximum absolute atomic E-state index is 9.81. The van der Waals surface area contributed by atoms with Crippen molar-refractivity contribution in [1.29, 1.82) is 0 Å². The lowest BCUT2D eigenvalue weighted by Crippen LogP contribution is -2.41. The van der Waals surface area contributed by atoms with E-state index in [1.807, 2.05) is 6.92 Å². The molecule has 0 aromatic rings. The van der Waals surface area contributed by atoms with Crippen molar-refractivity contribution in [2.45, 2.75) is 123 Å². The molecule has 0 aromatic heterocycles. The summed E-state index contributed by atoms with van der Waals surface area (Å²) in [4.78, 5) is 0. The summed E-state index contributed by atoms with van der Waals surface area (Å²) < 4.78 is 0. The van der Waals surface area contributed by atoms with Crippen LogP contribution < -0.4 is 0 Å². The van der Waals surface area contributed by atoms with Crippen LogP contribution in [0.2, 0.25) is 0 Å². The van der Waals surface area contributed by atoms with Crippen molar-refractivity contribution in [3.8, 4) is 0 Å². The maximum Gasteiger partial charge on any atom is 0.0404 e. The van der Waals surface area contributed by atoms with Crippen LogP contribution in [0.4, 0.5) is 0 Å². The molecule has 0 saturated heterocycles. The molecule has 0 bridgehead atoms. The topological polar surface area (TPSA) is 23.5 Å². The van der Waals surface area contributed by atoms with Crippen LogP contribution >= 0.6 is 0 Å². The Morgan fingerprint density at radius 2 is 1.00 bits per heavy atom. The molecule has 0 radical (unpaired) electrons. The predicted molar refractivity (Wildman–Crippen MR) is 98.6 cm³/mol. The van der Waals surface area contributed by atoms with E-state index in [9.17, 15) is 5.21 Å². The van der Waals surface area contributed by atoms with Crippen LogP contribution in [0.3, 0.4) is 0 Å². The smallest absolute Gasteiger partial charge is 0.0404 e. The molecule has 2 nitrogen and oxygen atoms in total. The van der Waals surface area contributed by atoms with Crippen LogP contribution in [0.15, 0.2) is 0 Å². The van der Waals surface area contributed by atoms with Crippen molar-refractivity contribution in [2.24, 2.45) is 0 Å². The Bertz CT molecular complexity index is 228. The fourth-order valence-electron chi connectivity index (χ4n) is 3.13. The third kappa shape index (κ3) is 12.5. The van der Waals surface area contributed by atoms with Crippen molar-refractivity contribution in [3.05, 3.63) is 0 Å². The summed E-state index contributed by atoms with van der Waals surface area (Å²) in [6.45, 7) is 9.27. The number of rotatable bonds is 16. The fourth-order valence-corrected chi connectivity index (χ4v) is 3.13. The Labute approximate surface area is 140 Å². The van der Waals surface area contributed by atoms with Crippen LogP contribution in [-0.2, 0) is 0 Å². The molecule has 0 unspecified atom stereocenters. The van der Waals surface area contributed by atoms with E-state index in [2.05, 4.69) is 20.8 Å². The highest BCUT2D eigenvalue weighted by Gasteiger charge is 2.23. The zero-order valence-electron chi connectivity index (χ0n) is 16.0. The molecule has 0 amide bonds. The van der Waals surface area contributed by atoms with Gasteiger partial charge in [0.1, 0.15) is 0 Å². The molecule has 0 rings (SSSR count). The molecule has 0 heterocycles. The van der Waals surface area contributed by atoms with Crippen LogP contribution in [0, 0.1) is 0 Å². The second-order valence-corrected chi connectivity index (χ2v) is 7.52. The molecule has 0 aromatic carbocycles. The Balaban J connectivity index is 3.24. The Morgan fingerprint density at radius 3 is 1.36 bits per heavy atom. The van der Waals surface area contributed by atoms with Gasteiger partial charge in [0, 0.05) is 12.1 Å². The van der Waals surface area contributed by atoms with Gasteiger partial charge in [-0.1, -0.05) is 97.3 Å². The lowest BCUT2D eigenvalue weighted by Gasteiger charge is -2.32. The van der Waals surface area contributed by atoms with E-state index in [1.165, 1.54) is 88.5 Å². The second-order valence-electron chi connectivity index (χ2n) is 7.52. The molecule has 0 fully saturated rings. The van der Waals surface area contributed by atoms with Gasteiger partial charge in [0.15, 0.2) is 0 Å². The van der Waals surface area contributed by atoms with Crippen LogP contribution in [0.5, 0.6) is 0 Å². The van der Waals surface area contributed by atoms with Gasteiger partial charge in [-0.15, -0.1) is 0 Å². The highest BCUT2D eigenvalue weighted by atomic mass is 16.5. The second kappa shape index (κ2) is 14.5. The first kappa shape index (κ1) is 21.9. The van der Waals surface area contributed by atoms with Crippen molar-refractivity contribution in [1.82, 2.24) is 5.06 Å². The molecule has 0 atom stereocenters. The first-order valence-electron chi connectivity index (χ1n) is 10.0. The Morgan fingerprint density at radius 1 is 0.636 bits per heavy atom. The summed E-state index contributed by atoms with van der Waals surface area (Å²) >= 11 is 0. The average Bonchev–Trinajstić information content (AvgIpc) is 2.50. The molecular formula is C20H43NO. The largest absolute Gasteiger partial charge is 0.313 e. The van der Waals surface area contributed by atoms with Gasteiger partial charge in [-0.3, -0.25) is 0 Å². The number of hydrogen-bond donors (Lipinski definition) is 1. The van der Waals surface area contributed by atoms with Gasteiger partial charge in [-0.2, -0.15) is 5.06 Å². The minimum absolute atomic E-state index is 0.0630. The summed E-state index contributed by atoms with van der Waals surface area (Å²) in [5.74, 6) is 0. The van der Waals surface area contributed by atoms with E-state index < -0.39 is 0 Å². The lowest BCUT2D eigenvalue weighted by atomic mass is 9.95. The minimum Gasteiger partial charge on any atom is -0.313 e. The number of nitrogens with zero attached hydrogens (tertiary/aromatic N) is 1. The van der Waals surface area contributed by atoms with E-state index in [0.717, 1.165) is 6.42 Å². The standard InChI is InChI=1S/C20H43NO/c1-5-7-8-9-10-11-12-13-14-15-16-17-18-19-20(3,4)21(22)6-2/h22H,5-19H2,1-4H3. The third-order valence-corrected chi connectivity index (χ3v) is 4.89. The first-order valence-corrected chi connectivity index (χ1v) is 10.0. The summed E-state index contributed by atoms with van der Waals surface area (Å²) in [7, 11) is 0. The molecule has 0 saturated carbocycles. The van der Waals surface area contributed by atoms with Gasteiger partial charge in [-0.05, 0) is 20.3 Å². The minimum atomic E-state index is -0.0630. The van der Waals surface area contributed by atoms with Gasteiger partial charge in [0.25, 0.3) is 0 Å². The fraction of sp³-hybridized carbons (Fsp3) is 1.00. The molecule has 1 N–H and O–H groups in total. The molecule has 0 aliphatic heterocycles. The molecule has 2 heteroatoms. The molecule has 22 heavy (non-hydrogen) atoms. The summed E-state index contributed by atoms with van der Waals surface area (Å²) in [5, 5.41) is 11.3. The quantitative estimate of drug-likeness (QED) is 0.246. The van der Waals surface area contributed by atoms with Gasteiger partial charge in [0.05, 0.1) is 0 Å². The highest BCUT2D eigenvalue weighted by Crippen LogP contribution is 2.21. The normalized spacial score (nSPS) is 12.3. The first-order chi connectivity index (χ1) is 10.5. The molecular weight excluding hydrogens is 270 g/mol. The summed E-state index contributed by atoms with van der Waals surface area (Å²) in [6, 6.07) is 0.